The van der Waals surface area contributed by atoms with Crippen LogP contribution in [0.3, 0.4) is 0 Å². The molecule has 0 aromatic heterocycles. The van der Waals surface area contributed by atoms with Gasteiger partial charge in [0.2, 0.25) is 0 Å². The van der Waals surface area contributed by atoms with Crippen LogP contribution in [0.5, 0.6) is 0 Å². The zero-order chi connectivity index (χ0) is 9.52. The van der Waals surface area contributed by atoms with Gasteiger partial charge in [-0.1, -0.05) is 15.9 Å². The number of hydrogen-bond acceptors (Lipinski definition) is 3. The van der Waals surface area contributed by atoms with Crippen LogP contribution in [0.15, 0.2) is 0 Å². The monoisotopic (exact) mass is 249 g/mol. The second-order valence-electron chi connectivity index (χ2n) is 3.31. The lowest BCUT2D eigenvalue weighted by molar-refractivity contribution is -0.144. The first kappa shape index (κ1) is 11.0. The molecule has 0 amide bonds. The van der Waals surface area contributed by atoms with Crippen LogP contribution in [-0.4, -0.2) is 31.0 Å². The maximum absolute atomic E-state index is 11.2. The Bertz CT molecular complexity index is 158. The smallest absolute Gasteiger partial charge is 0.306 e. The molecule has 0 radical (unpaired) electrons. The molecule has 1 heterocycles. The highest BCUT2D eigenvalue weighted by Crippen LogP contribution is 2.16. The number of alkyl halides is 1. The third-order valence-electron chi connectivity index (χ3n) is 2.25. The quantitative estimate of drug-likeness (QED) is 0.604. The van der Waals surface area contributed by atoms with Crippen LogP contribution >= 0.6 is 15.9 Å². The highest BCUT2D eigenvalue weighted by Gasteiger charge is 2.17. The van der Waals surface area contributed by atoms with Gasteiger partial charge >= 0.3 is 5.97 Å². The largest absolute Gasteiger partial charge is 0.465 e. The predicted octanol–water partition coefficient (Wildman–Crippen LogP) is 1.31. The summed E-state index contributed by atoms with van der Waals surface area (Å²) in [5.74, 6) is 0.482. The molecule has 1 aliphatic heterocycles. The van der Waals surface area contributed by atoms with E-state index in [0.29, 0.717) is 18.9 Å². The van der Waals surface area contributed by atoms with E-state index >= 15 is 0 Å². The predicted molar refractivity (Wildman–Crippen MR) is 55.0 cm³/mol. The number of halogens is 1. The molecule has 0 atom stereocenters. The molecule has 1 fully saturated rings. The molecule has 0 bridgehead atoms. The molecule has 13 heavy (non-hydrogen) atoms. The number of piperidine rings is 1. The fourth-order valence-corrected chi connectivity index (χ4v) is 1.69. The van der Waals surface area contributed by atoms with Crippen LogP contribution in [0.25, 0.3) is 0 Å². The van der Waals surface area contributed by atoms with Gasteiger partial charge in [-0.25, -0.2) is 0 Å². The number of esters is 1. The van der Waals surface area contributed by atoms with Gasteiger partial charge < -0.3 is 10.1 Å². The minimum Gasteiger partial charge on any atom is -0.465 e. The molecule has 0 aliphatic carbocycles. The Morgan fingerprint density at radius 3 is 2.77 bits per heavy atom. The van der Waals surface area contributed by atoms with Gasteiger partial charge in [-0.15, -0.1) is 0 Å². The van der Waals surface area contributed by atoms with Crippen molar-refractivity contribution in [2.24, 2.45) is 5.92 Å². The summed E-state index contributed by atoms with van der Waals surface area (Å²) < 4.78 is 4.99. The van der Waals surface area contributed by atoms with Crippen LogP contribution in [0.4, 0.5) is 0 Å². The summed E-state index contributed by atoms with van der Waals surface area (Å²) in [5.41, 5.74) is 0. The summed E-state index contributed by atoms with van der Waals surface area (Å²) in [6.45, 7) is 2.57. The minimum absolute atomic E-state index is 0.0497. The molecule has 0 aromatic rings. The molecule has 1 aliphatic rings. The fourth-order valence-electron chi connectivity index (χ4n) is 1.53. The van der Waals surface area contributed by atoms with Crippen molar-refractivity contribution < 1.29 is 9.53 Å². The van der Waals surface area contributed by atoms with Crippen molar-refractivity contribution in [3.05, 3.63) is 0 Å². The van der Waals surface area contributed by atoms with Crippen LogP contribution < -0.4 is 5.32 Å². The molecular formula is C9H16BrNO2. The summed E-state index contributed by atoms with van der Waals surface area (Å²) >= 11 is 3.22. The van der Waals surface area contributed by atoms with Gasteiger partial charge in [0.05, 0.1) is 0 Å². The van der Waals surface area contributed by atoms with Crippen LogP contribution in [0, 0.1) is 5.92 Å². The summed E-state index contributed by atoms with van der Waals surface area (Å²) in [6.07, 6.45) is 2.79. The van der Waals surface area contributed by atoms with E-state index in [9.17, 15) is 4.79 Å². The molecule has 0 spiro atoms. The van der Waals surface area contributed by atoms with E-state index in [0.717, 1.165) is 31.3 Å². The summed E-state index contributed by atoms with van der Waals surface area (Å²) in [6, 6.07) is 0. The lowest BCUT2D eigenvalue weighted by atomic mass is 9.95. The van der Waals surface area contributed by atoms with Gasteiger partial charge in [-0.2, -0.15) is 0 Å². The van der Waals surface area contributed by atoms with Crippen molar-refractivity contribution in [1.29, 1.82) is 0 Å². The van der Waals surface area contributed by atoms with Crippen molar-refractivity contribution in [3.8, 4) is 0 Å². The summed E-state index contributed by atoms with van der Waals surface area (Å²) in [5, 5.41) is 4.00. The number of hydrogen-bond donors (Lipinski definition) is 1. The van der Waals surface area contributed by atoms with E-state index in [1.54, 1.807) is 0 Å². The van der Waals surface area contributed by atoms with Crippen LogP contribution in [-0.2, 0) is 9.53 Å². The number of rotatable bonds is 4. The first-order valence-electron chi connectivity index (χ1n) is 4.75. The number of ether oxygens (including phenoxy) is 1. The zero-order valence-corrected chi connectivity index (χ0v) is 9.31. The third-order valence-corrected chi connectivity index (χ3v) is 2.58. The van der Waals surface area contributed by atoms with E-state index < -0.39 is 0 Å². The lowest BCUT2D eigenvalue weighted by Crippen LogP contribution is -2.29. The molecule has 0 unspecified atom stereocenters. The lowest BCUT2D eigenvalue weighted by Gasteiger charge is -2.21. The molecule has 1 saturated heterocycles. The first-order valence-corrected chi connectivity index (χ1v) is 5.87. The average Bonchev–Trinajstić information content (AvgIpc) is 2.16. The van der Waals surface area contributed by atoms with Gasteiger partial charge in [0, 0.05) is 11.8 Å². The SMILES string of the molecule is O=C(CC1CCNCC1)OCCBr. The Hall–Kier alpha value is -0.0900. The van der Waals surface area contributed by atoms with Crippen molar-refractivity contribution in [3.63, 3.8) is 0 Å². The average molecular weight is 250 g/mol. The standard InChI is InChI=1S/C9H16BrNO2/c10-3-6-13-9(12)7-8-1-4-11-5-2-8/h8,11H,1-7H2. The number of carbonyl (C=O) groups excluding carboxylic acids is 1. The van der Waals surface area contributed by atoms with Gasteiger partial charge in [0.25, 0.3) is 0 Å². The van der Waals surface area contributed by atoms with Crippen molar-refractivity contribution in [2.45, 2.75) is 19.3 Å². The van der Waals surface area contributed by atoms with E-state index in [4.69, 9.17) is 4.74 Å². The molecule has 0 aromatic carbocycles. The van der Waals surface area contributed by atoms with Crippen LogP contribution in [0.1, 0.15) is 19.3 Å². The fraction of sp³-hybridized carbons (Fsp3) is 0.889. The van der Waals surface area contributed by atoms with Crippen LogP contribution in [0.2, 0.25) is 0 Å². The molecule has 1 N–H and O–H groups in total. The van der Waals surface area contributed by atoms with Gasteiger partial charge in [-0.05, 0) is 31.8 Å². The highest BCUT2D eigenvalue weighted by atomic mass is 79.9. The first-order chi connectivity index (χ1) is 6.33. The third kappa shape index (κ3) is 4.62. The maximum Gasteiger partial charge on any atom is 0.306 e. The summed E-state index contributed by atoms with van der Waals surface area (Å²) in [4.78, 5) is 11.2. The molecular weight excluding hydrogens is 234 g/mol. The van der Waals surface area contributed by atoms with E-state index in [2.05, 4.69) is 21.2 Å². The topological polar surface area (TPSA) is 38.3 Å². The Balaban J connectivity index is 2.11. The van der Waals surface area contributed by atoms with E-state index in [1.165, 1.54) is 0 Å². The molecule has 3 nitrogen and oxygen atoms in total. The van der Waals surface area contributed by atoms with E-state index in [-0.39, 0.29) is 5.97 Å². The normalized spacial score (nSPS) is 18.5. The number of nitrogens with one attached hydrogen (secondary N) is 1. The maximum atomic E-state index is 11.2. The highest BCUT2D eigenvalue weighted by molar-refractivity contribution is 9.09. The Morgan fingerprint density at radius 2 is 2.15 bits per heavy atom. The minimum atomic E-state index is -0.0497. The second-order valence-corrected chi connectivity index (χ2v) is 4.10. The zero-order valence-electron chi connectivity index (χ0n) is 7.72. The molecule has 1 rings (SSSR count). The Kier molecular flexibility index (Phi) is 5.39. The molecule has 76 valence electrons. The summed E-state index contributed by atoms with van der Waals surface area (Å²) in [7, 11) is 0. The molecule has 0 saturated carbocycles. The van der Waals surface area contributed by atoms with Gasteiger partial charge in [0.1, 0.15) is 6.61 Å². The van der Waals surface area contributed by atoms with Gasteiger partial charge in [-0.3, -0.25) is 4.79 Å². The van der Waals surface area contributed by atoms with Crippen molar-refractivity contribution in [1.82, 2.24) is 5.32 Å². The molecule has 4 heteroatoms. The van der Waals surface area contributed by atoms with Crippen molar-refractivity contribution in [2.75, 3.05) is 25.0 Å². The van der Waals surface area contributed by atoms with Crippen molar-refractivity contribution >= 4 is 21.9 Å². The van der Waals surface area contributed by atoms with E-state index in [1.807, 2.05) is 0 Å². The second kappa shape index (κ2) is 6.38. The Labute approximate surface area is 87.3 Å². The Morgan fingerprint density at radius 1 is 1.46 bits per heavy atom. The van der Waals surface area contributed by atoms with Gasteiger partial charge in [0.15, 0.2) is 0 Å². The number of carbonyl (C=O) groups is 1.